The predicted molar refractivity (Wildman–Crippen MR) is 51.6 cm³/mol. The molecule has 0 aliphatic heterocycles. The number of halogens is 3. The number of hydrogen-bond donors (Lipinski definition) is 0. The van der Waals surface area contributed by atoms with Gasteiger partial charge < -0.3 is 0 Å². The van der Waals surface area contributed by atoms with Crippen molar-refractivity contribution in [2.24, 2.45) is 0 Å². The fourth-order valence-electron chi connectivity index (χ4n) is 0.962. The van der Waals surface area contributed by atoms with Gasteiger partial charge in [-0.15, -0.1) is 23.2 Å². The van der Waals surface area contributed by atoms with E-state index < -0.39 is 4.87 Å². The molecule has 0 aromatic heterocycles. The number of allylic oxidation sites excluding steroid dienone is 4. The number of alkyl halides is 2. The van der Waals surface area contributed by atoms with E-state index in [4.69, 9.17) is 34.8 Å². The molecule has 0 spiro atoms. The molecule has 1 aliphatic rings. The molecule has 0 radical (unpaired) electrons. The molecule has 11 heavy (non-hydrogen) atoms. The maximum Gasteiger partial charge on any atom is 0.0838 e. The minimum atomic E-state index is -0.493. The fourth-order valence-corrected chi connectivity index (χ4v) is 1.69. The first-order valence-corrected chi connectivity index (χ1v) is 4.61. The van der Waals surface area contributed by atoms with Gasteiger partial charge in [-0.3, -0.25) is 0 Å². The summed E-state index contributed by atoms with van der Waals surface area (Å²) in [5.41, 5.74) is 0. The van der Waals surface area contributed by atoms with Crippen molar-refractivity contribution in [2.75, 3.05) is 0 Å². The van der Waals surface area contributed by atoms with Crippen molar-refractivity contribution in [3.63, 3.8) is 0 Å². The highest BCUT2D eigenvalue weighted by molar-refractivity contribution is 6.36. The van der Waals surface area contributed by atoms with Crippen LogP contribution in [0.5, 0.6) is 0 Å². The average molecular weight is 212 g/mol. The second kappa shape index (κ2) is 3.38. The fraction of sp³-hybridized carbons (Fsp3) is 0.500. The predicted octanol–water partition coefficient (Wildman–Crippen LogP) is 3.67. The zero-order chi connectivity index (χ0) is 8.48. The summed E-state index contributed by atoms with van der Waals surface area (Å²) in [6, 6.07) is 0. The van der Waals surface area contributed by atoms with Gasteiger partial charge in [0, 0.05) is 11.5 Å². The van der Waals surface area contributed by atoms with Crippen LogP contribution in [0.25, 0.3) is 0 Å². The van der Waals surface area contributed by atoms with Gasteiger partial charge in [-0.25, -0.2) is 0 Å². The van der Waals surface area contributed by atoms with E-state index in [2.05, 4.69) is 0 Å². The average Bonchev–Trinajstić information content (AvgIpc) is 1.86. The van der Waals surface area contributed by atoms with Crippen LogP contribution in [0.1, 0.15) is 13.3 Å². The molecule has 1 rings (SSSR count). The molecule has 2 unspecified atom stereocenters. The van der Waals surface area contributed by atoms with Crippen LogP contribution in [0.15, 0.2) is 23.3 Å². The molecule has 0 bridgehead atoms. The topological polar surface area (TPSA) is 0 Å². The summed E-state index contributed by atoms with van der Waals surface area (Å²) in [5, 5.41) is 0.651. The second-order valence-corrected chi connectivity index (χ2v) is 4.54. The smallest absolute Gasteiger partial charge is 0.0838 e. The van der Waals surface area contributed by atoms with Crippen molar-refractivity contribution < 1.29 is 0 Å². The van der Waals surface area contributed by atoms with E-state index in [0.717, 1.165) is 5.03 Å². The molecule has 0 saturated heterocycles. The van der Waals surface area contributed by atoms with Crippen LogP contribution >= 0.6 is 34.8 Å². The zero-order valence-corrected chi connectivity index (χ0v) is 8.42. The Kier molecular flexibility index (Phi) is 2.90. The molecular formula is C8H9Cl3. The Hall–Kier alpha value is 0.350. The minimum absolute atomic E-state index is 0.108. The number of hydrogen-bond acceptors (Lipinski definition) is 0. The Labute approximate surface area is 81.8 Å². The van der Waals surface area contributed by atoms with Crippen LogP contribution in [0.4, 0.5) is 0 Å². The van der Waals surface area contributed by atoms with Crippen LogP contribution in [0, 0.1) is 0 Å². The van der Waals surface area contributed by atoms with E-state index >= 15 is 0 Å². The van der Waals surface area contributed by atoms with Crippen LogP contribution in [-0.2, 0) is 0 Å². The molecule has 0 heterocycles. The molecule has 2 atom stereocenters. The van der Waals surface area contributed by atoms with Gasteiger partial charge in [-0.1, -0.05) is 23.8 Å². The number of rotatable bonds is 1. The highest BCUT2D eigenvalue weighted by Gasteiger charge is 2.31. The molecule has 0 N–H and O–H groups in total. The van der Waals surface area contributed by atoms with Gasteiger partial charge in [-0.2, -0.15) is 0 Å². The molecule has 0 saturated carbocycles. The minimum Gasteiger partial charge on any atom is -0.121 e. The maximum absolute atomic E-state index is 6.16. The van der Waals surface area contributed by atoms with E-state index in [1.54, 1.807) is 0 Å². The Bertz CT molecular complexity index is 205. The third kappa shape index (κ3) is 2.14. The van der Waals surface area contributed by atoms with Crippen molar-refractivity contribution in [2.45, 2.75) is 23.6 Å². The molecule has 0 nitrogen and oxygen atoms in total. The standard InChI is InChI=1S/C8H9Cl3/c1-6(9)8(11)4-2-3-7(10)5-8/h2-4,6H,5H2,1H3. The first-order chi connectivity index (χ1) is 5.04. The van der Waals surface area contributed by atoms with Gasteiger partial charge in [0.1, 0.15) is 0 Å². The summed E-state index contributed by atoms with van der Waals surface area (Å²) in [7, 11) is 0. The van der Waals surface area contributed by atoms with E-state index in [-0.39, 0.29) is 5.38 Å². The first-order valence-electron chi connectivity index (χ1n) is 3.41. The molecular weight excluding hydrogens is 202 g/mol. The normalized spacial score (nSPS) is 33.3. The van der Waals surface area contributed by atoms with Gasteiger partial charge in [0.2, 0.25) is 0 Å². The van der Waals surface area contributed by atoms with Crippen LogP contribution < -0.4 is 0 Å². The van der Waals surface area contributed by atoms with Crippen LogP contribution in [-0.4, -0.2) is 10.3 Å². The summed E-state index contributed by atoms with van der Waals surface area (Å²) < 4.78 is 0. The van der Waals surface area contributed by atoms with Crippen molar-refractivity contribution in [3.8, 4) is 0 Å². The molecule has 62 valence electrons. The SMILES string of the molecule is CC(Cl)C1(Cl)C=CC=C(Cl)C1. The second-order valence-electron chi connectivity index (χ2n) is 2.69. The molecule has 1 aliphatic carbocycles. The lowest BCUT2D eigenvalue weighted by Crippen LogP contribution is -2.29. The zero-order valence-electron chi connectivity index (χ0n) is 6.15. The van der Waals surface area contributed by atoms with Crippen molar-refractivity contribution in [1.82, 2.24) is 0 Å². The van der Waals surface area contributed by atoms with E-state index in [9.17, 15) is 0 Å². The Morgan fingerprint density at radius 1 is 1.64 bits per heavy atom. The van der Waals surface area contributed by atoms with Crippen molar-refractivity contribution in [1.29, 1.82) is 0 Å². The van der Waals surface area contributed by atoms with E-state index in [0.29, 0.717) is 6.42 Å². The summed E-state index contributed by atoms with van der Waals surface area (Å²) >= 11 is 17.9. The molecule has 0 aromatic carbocycles. The first kappa shape index (κ1) is 9.44. The van der Waals surface area contributed by atoms with Gasteiger partial charge >= 0.3 is 0 Å². The van der Waals surface area contributed by atoms with Gasteiger partial charge in [0.05, 0.1) is 10.3 Å². The van der Waals surface area contributed by atoms with Gasteiger partial charge in [0.25, 0.3) is 0 Å². The maximum atomic E-state index is 6.16. The molecule has 0 fully saturated rings. The third-order valence-electron chi connectivity index (χ3n) is 1.75. The highest BCUT2D eigenvalue weighted by Crippen LogP contribution is 2.36. The molecule has 3 heteroatoms. The molecule has 0 amide bonds. The van der Waals surface area contributed by atoms with E-state index in [1.165, 1.54) is 0 Å². The van der Waals surface area contributed by atoms with Gasteiger partial charge in [-0.05, 0) is 13.0 Å². The van der Waals surface area contributed by atoms with Crippen molar-refractivity contribution >= 4 is 34.8 Å². The summed E-state index contributed by atoms with van der Waals surface area (Å²) in [6.07, 6.45) is 6.19. The Morgan fingerprint density at radius 2 is 2.27 bits per heavy atom. The lowest BCUT2D eigenvalue weighted by molar-refractivity contribution is 0.677. The quantitative estimate of drug-likeness (QED) is 0.581. The van der Waals surface area contributed by atoms with Crippen LogP contribution in [0.2, 0.25) is 0 Å². The summed E-state index contributed by atoms with van der Waals surface area (Å²) in [6.45, 7) is 1.87. The van der Waals surface area contributed by atoms with Crippen LogP contribution in [0.3, 0.4) is 0 Å². The lowest BCUT2D eigenvalue weighted by atomic mass is 9.96. The molecule has 0 aromatic rings. The Morgan fingerprint density at radius 3 is 2.64 bits per heavy atom. The lowest BCUT2D eigenvalue weighted by Gasteiger charge is -2.27. The van der Waals surface area contributed by atoms with Gasteiger partial charge in [0.15, 0.2) is 0 Å². The largest absolute Gasteiger partial charge is 0.121 e. The summed E-state index contributed by atoms with van der Waals surface area (Å²) in [4.78, 5) is -0.493. The van der Waals surface area contributed by atoms with Crippen molar-refractivity contribution in [3.05, 3.63) is 23.3 Å². The summed E-state index contributed by atoms with van der Waals surface area (Å²) in [5.74, 6) is 0. The highest BCUT2D eigenvalue weighted by atomic mass is 35.5. The monoisotopic (exact) mass is 210 g/mol. The Balaban J connectivity index is 2.78. The third-order valence-corrected chi connectivity index (χ3v) is 3.10. The van der Waals surface area contributed by atoms with E-state index in [1.807, 2.05) is 25.2 Å².